The second-order valence-corrected chi connectivity index (χ2v) is 10.5. The number of aliphatic hydroxyl groups is 1. The van der Waals surface area contributed by atoms with Gasteiger partial charge in [-0.25, -0.2) is 0 Å². The van der Waals surface area contributed by atoms with E-state index in [4.69, 9.17) is 27.6 Å². The minimum atomic E-state index is -0.165. The van der Waals surface area contributed by atoms with Crippen LogP contribution in [0.15, 0.2) is 45.8 Å². The fraction of sp³-hybridized carbons (Fsp3) is 0.462. The molecule has 0 aliphatic carbocycles. The molecular weight excluding hydrogens is 487 g/mol. The molecule has 0 spiro atoms. The molecule has 0 saturated carbocycles. The van der Waals surface area contributed by atoms with Gasteiger partial charge < -0.3 is 24.6 Å². The number of hydrogen-bond donors (Lipinski definition) is 2. The Morgan fingerprint density at radius 3 is 2.80 bits per heavy atom. The number of nitrogens with zero attached hydrogens (tertiary/aromatic N) is 3. The molecule has 4 heterocycles. The summed E-state index contributed by atoms with van der Waals surface area (Å²) in [6.45, 7) is 6.92. The van der Waals surface area contributed by atoms with Crippen LogP contribution in [0, 0.1) is 11.8 Å². The summed E-state index contributed by atoms with van der Waals surface area (Å²) >= 11 is 12.5. The van der Waals surface area contributed by atoms with E-state index in [1.54, 1.807) is 12.1 Å². The van der Waals surface area contributed by atoms with Crippen LogP contribution in [0.1, 0.15) is 31.4 Å². The van der Waals surface area contributed by atoms with Crippen LogP contribution in [0.2, 0.25) is 10.0 Å². The van der Waals surface area contributed by atoms with E-state index in [9.17, 15) is 9.90 Å². The van der Waals surface area contributed by atoms with Crippen molar-refractivity contribution in [2.45, 2.75) is 25.8 Å². The van der Waals surface area contributed by atoms with Crippen LogP contribution in [-0.2, 0) is 0 Å². The highest BCUT2D eigenvalue weighted by Gasteiger charge is 2.36. The van der Waals surface area contributed by atoms with Crippen molar-refractivity contribution in [1.82, 2.24) is 9.88 Å². The molecule has 2 atom stereocenters. The number of β-amino-alcohol motifs (C(OH)–C–C–N with tert-alkyl or cyclic N) is 1. The molecule has 0 radical (unpaired) electrons. The van der Waals surface area contributed by atoms with Gasteiger partial charge in [0.1, 0.15) is 11.2 Å². The van der Waals surface area contributed by atoms with Gasteiger partial charge in [-0.2, -0.15) is 4.98 Å². The summed E-state index contributed by atoms with van der Waals surface area (Å²) in [4.78, 5) is 22.0. The van der Waals surface area contributed by atoms with E-state index < -0.39 is 0 Å². The zero-order chi connectivity index (χ0) is 24.5. The van der Waals surface area contributed by atoms with Gasteiger partial charge in [-0.1, -0.05) is 29.3 Å². The lowest BCUT2D eigenvalue weighted by Gasteiger charge is -2.47. The molecule has 186 valence electrons. The van der Waals surface area contributed by atoms with Gasteiger partial charge in [-0.15, -0.1) is 0 Å². The number of nitrogens with one attached hydrogen (secondary N) is 1. The summed E-state index contributed by atoms with van der Waals surface area (Å²) in [5, 5.41) is 14.3. The number of benzene rings is 1. The van der Waals surface area contributed by atoms with Crippen LogP contribution in [0.4, 0.5) is 11.5 Å². The van der Waals surface area contributed by atoms with Crippen molar-refractivity contribution in [1.29, 1.82) is 0 Å². The van der Waals surface area contributed by atoms with E-state index in [1.807, 2.05) is 19.1 Å². The van der Waals surface area contributed by atoms with Crippen LogP contribution in [0.5, 0.6) is 0 Å². The van der Waals surface area contributed by atoms with Crippen LogP contribution in [-0.4, -0.2) is 54.3 Å². The zero-order valence-corrected chi connectivity index (χ0v) is 21.2. The van der Waals surface area contributed by atoms with Crippen molar-refractivity contribution < 1.29 is 9.52 Å². The van der Waals surface area contributed by atoms with Crippen molar-refractivity contribution in [3.8, 4) is 0 Å². The Morgan fingerprint density at radius 2 is 2.03 bits per heavy atom. The number of hydrogen-bond acceptors (Lipinski definition) is 7. The Morgan fingerprint density at radius 1 is 1.20 bits per heavy atom. The fourth-order valence-electron chi connectivity index (χ4n) is 5.33. The van der Waals surface area contributed by atoms with E-state index in [1.165, 1.54) is 25.2 Å². The molecule has 7 nitrogen and oxygen atoms in total. The lowest BCUT2D eigenvalue weighted by atomic mass is 9.80. The smallest absolute Gasteiger partial charge is 0.233 e. The lowest BCUT2D eigenvalue weighted by molar-refractivity contribution is 0.102. The maximum Gasteiger partial charge on any atom is 0.233 e. The summed E-state index contributed by atoms with van der Waals surface area (Å²) < 4.78 is 5.65. The predicted molar refractivity (Wildman–Crippen MR) is 141 cm³/mol. The molecule has 0 bridgehead atoms. The molecule has 5 rings (SSSR count). The monoisotopic (exact) mass is 516 g/mol. The Balaban J connectivity index is 1.37. The van der Waals surface area contributed by atoms with Gasteiger partial charge in [0.05, 0.1) is 24.6 Å². The van der Waals surface area contributed by atoms with E-state index >= 15 is 0 Å². The number of rotatable bonds is 7. The number of anilines is 2. The van der Waals surface area contributed by atoms with Gasteiger partial charge in [0.2, 0.25) is 5.71 Å². The van der Waals surface area contributed by atoms with E-state index in [0.717, 1.165) is 44.1 Å². The largest absolute Gasteiger partial charge is 0.446 e. The highest BCUT2D eigenvalue weighted by molar-refractivity contribution is 6.35. The maximum absolute atomic E-state index is 12.7. The number of halogens is 2. The molecule has 2 aliphatic heterocycles. The molecule has 35 heavy (non-hydrogen) atoms. The van der Waals surface area contributed by atoms with Gasteiger partial charge in [0.15, 0.2) is 5.43 Å². The first-order valence-corrected chi connectivity index (χ1v) is 12.9. The van der Waals surface area contributed by atoms with Crippen molar-refractivity contribution in [2.75, 3.05) is 49.5 Å². The number of aliphatic hydroxyl groups excluding tert-OH is 1. The summed E-state index contributed by atoms with van der Waals surface area (Å²) in [6.07, 6.45) is 3.80. The number of fused-ring (bicyclic) bond motifs is 1. The van der Waals surface area contributed by atoms with Gasteiger partial charge in [0, 0.05) is 48.4 Å². The van der Waals surface area contributed by atoms with Gasteiger partial charge in [0.25, 0.3) is 0 Å². The third-order valence-corrected chi connectivity index (χ3v) is 7.84. The Labute approximate surface area is 214 Å². The highest BCUT2D eigenvalue weighted by atomic mass is 35.5. The molecule has 2 fully saturated rings. The minimum Gasteiger partial charge on any atom is -0.446 e. The first-order chi connectivity index (χ1) is 16.9. The van der Waals surface area contributed by atoms with Crippen molar-refractivity contribution in [3.63, 3.8) is 0 Å². The van der Waals surface area contributed by atoms with Crippen molar-refractivity contribution in [2.24, 2.45) is 11.8 Å². The molecular formula is C26H30Cl2N4O3. The van der Waals surface area contributed by atoms with Crippen LogP contribution in [0.3, 0.4) is 0 Å². The third kappa shape index (κ3) is 5.14. The predicted octanol–water partition coefficient (Wildman–Crippen LogP) is 4.81. The normalized spacial score (nSPS) is 20.1. The molecule has 0 amide bonds. The summed E-state index contributed by atoms with van der Waals surface area (Å²) in [5.74, 6) is 2.03. The van der Waals surface area contributed by atoms with Crippen molar-refractivity contribution in [3.05, 3.63) is 62.4 Å². The molecule has 9 heteroatoms. The molecule has 2 aromatic heterocycles. The van der Waals surface area contributed by atoms with E-state index in [-0.39, 0.29) is 18.1 Å². The van der Waals surface area contributed by atoms with Crippen LogP contribution < -0.4 is 15.6 Å². The fourth-order valence-corrected chi connectivity index (χ4v) is 5.91. The number of likely N-dealkylation sites (tertiary alicyclic amines) is 1. The quantitative estimate of drug-likeness (QED) is 0.466. The lowest BCUT2D eigenvalue weighted by Crippen LogP contribution is -2.54. The third-order valence-electron chi connectivity index (χ3n) is 7.28. The van der Waals surface area contributed by atoms with Crippen LogP contribution >= 0.6 is 23.2 Å². The molecule has 1 aromatic carbocycles. The molecule has 2 saturated heterocycles. The van der Waals surface area contributed by atoms with Crippen LogP contribution in [0.25, 0.3) is 11.1 Å². The maximum atomic E-state index is 12.7. The second kappa shape index (κ2) is 10.3. The molecule has 0 unspecified atom stereocenters. The number of piperidine rings is 1. The topological polar surface area (TPSA) is 81.8 Å². The highest BCUT2D eigenvalue weighted by Crippen LogP contribution is 2.36. The van der Waals surface area contributed by atoms with E-state index in [2.05, 4.69) is 20.1 Å². The Bertz CT molecular complexity index is 1260. The average Bonchev–Trinajstić information content (AvgIpc) is 2.78. The SMILES string of the molecule is C[C@@H](Nc1cc(N2CC([C@H]3CCCN(CCO)C3)C2)nc2occc(=O)c12)c1ccc(Cl)cc1Cl. The van der Waals surface area contributed by atoms with Gasteiger partial charge in [-0.3, -0.25) is 4.79 Å². The second-order valence-electron chi connectivity index (χ2n) is 9.62. The average molecular weight is 517 g/mol. The first kappa shape index (κ1) is 24.4. The zero-order valence-electron chi connectivity index (χ0n) is 19.7. The standard InChI is InChI=1S/C26H30Cl2N4O3/c1-16(20-5-4-19(27)11-21(20)28)29-22-12-24(30-26-25(22)23(34)6-10-35-26)32-14-18(15-32)17-3-2-7-31(13-17)8-9-33/h4-6,10-12,16-18,33H,2-3,7-9,13-15H2,1H3,(H,29,30)/t16-,17+/m1/s1. The summed E-state index contributed by atoms with van der Waals surface area (Å²) in [6, 6.07) is 8.60. The van der Waals surface area contributed by atoms with Gasteiger partial charge >= 0.3 is 0 Å². The van der Waals surface area contributed by atoms with E-state index in [0.29, 0.717) is 38.7 Å². The Kier molecular flexibility index (Phi) is 7.21. The molecule has 2 N–H and O–H groups in total. The summed E-state index contributed by atoms with van der Waals surface area (Å²) in [5.41, 5.74) is 1.74. The number of aromatic nitrogens is 1. The minimum absolute atomic E-state index is 0.144. The van der Waals surface area contributed by atoms with Crippen molar-refractivity contribution >= 4 is 45.8 Å². The Hall–Kier alpha value is -2.32. The van der Waals surface area contributed by atoms with Gasteiger partial charge in [-0.05, 0) is 55.8 Å². The molecule has 3 aromatic rings. The number of pyridine rings is 1. The summed E-state index contributed by atoms with van der Waals surface area (Å²) in [7, 11) is 0. The first-order valence-electron chi connectivity index (χ1n) is 12.1. The molecule has 2 aliphatic rings.